The van der Waals surface area contributed by atoms with Gasteiger partial charge in [0.1, 0.15) is 11.4 Å². The Bertz CT molecular complexity index is 1080. The van der Waals surface area contributed by atoms with E-state index in [0.29, 0.717) is 27.7 Å². The van der Waals surface area contributed by atoms with Crippen molar-refractivity contribution in [3.8, 4) is 11.5 Å². The molecule has 0 aliphatic rings. The summed E-state index contributed by atoms with van der Waals surface area (Å²) in [7, 11) is 1.49. The highest BCUT2D eigenvalue weighted by Crippen LogP contribution is 2.31. The van der Waals surface area contributed by atoms with E-state index in [4.69, 9.17) is 21.1 Å². The topological polar surface area (TPSA) is 104 Å². The quantitative estimate of drug-likeness (QED) is 0.432. The number of methoxy groups -OCH3 is 1. The normalized spacial score (nSPS) is 11.4. The lowest BCUT2D eigenvalue weighted by atomic mass is 10.1. The van der Waals surface area contributed by atoms with Crippen molar-refractivity contribution in [1.29, 1.82) is 0 Å². The van der Waals surface area contributed by atoms with Crippen molar-refractivity contribution < 1.29 is 19.2 Å². The van der Waals surface area contributed by atoms with Gasteiger partial charge in [-0.1, -0.05) is 41.9 Å². The maximum Gasteiger partial charge on any atom is 0.406 e. The van der Waals surface area contributed by atoms with E-state index in [1.165, 1.54) is 19.2 Å². The summed E-state index contributed by atoms with van der Waals surface area (Å²) < 4.78 is 10.9. The lowest BCUT2D eigenvalue weighted by molar-refractivity contribution is -0.390. The van der Waals surface area contributed by atoms with Crippen LogP contribution in [-0.4, -0.2) is 22.9 Å². The molecule has 0 radical (unpaired) electrons. The van der Waals surface area contributed by atoms with E-state index in [2.05, 4.69) is 10.3 Å². The van der Waals surface area contributed by atoms with E-state index in [-0.39, 0.29) is 5.75 Å². The highest BCUT2D eigenvalue weighted by molar-refractivity contribution is 6.32. The van der Waals surface area contributed by atoms with Crippen LogP contribution in [-0.2, 0) is 4.79 Å². The zero-order valence-corrected chi connectivity index (χ0v) is 16.9. The molecular formula is C21H18ClN3O5. The van der Waals surface area contributed by atoms with Crippen LogP contribution in [0.2, 0.25) is 5.02 Å². The molecule has 1 aromatic heterocycles. The minimum absolute atomic E-state index is 0.109. The fourth-order valence-corrected chi connectivity index (χ4v) is 2.99. The minimum atomic E-state index is -1.16. The third-order valence-electron chi connectivity index (χ3n) is 4.16. The third kappa shape index (κ3) is 4.84. The van der Waals surface area contributed by atoms with Crippen LogP contribution in [0.1, 0.15) is 17.4 Å². The summed E-state index contributed by atoms with van der Waals surface area (Å²) in [4.78, 5) is 27.7. The Labute approximate surface area is 177 Å². The number of benzene rings is 2. The lowest BCUT2D eigenvalue weighted by Gasteiger charge is -2.19. The van der Waals surface area contributed by atoms with E-state index in [1.54, 1.807) is 55.5 Å². The molecule has 0 bridgehead atoms. The molecule has 1 atom stereocenters. The van der Waals surface area contributed by atoms with Crippen molar-refractivity contribution in [2.24, 2.45) is 0 Å². The van der Waals surface area contributed by atoms with Crippen LogP contribution in [0.15, 0.2) is 60.7 Å². The second-order valence-corrected chi connectivity index (χ2v) is 6.69. The predicted molar refractivity (Wildman–Crippen MR) is 112 cm³/mol. The van der Waals surface area contributed by atoms with Crippen molar-refractivity contribution in [2.75, 3.05) is 12.4 Å². The molecule has 1 unspecified atom stereocenters. The van der Waals surface area contributed by atoms with Crippen LogP contribution in [0.5, 0.6) is 11.5 Å². The van der Waals surface area contributed by atoms with Crippen LogP contribution in [0.3, 0.4) is 0 Å². The highest BCUT2D eigenvalue weighted by Gasteiger charge is 2.27. The molecule has 30 heavy (non-hydrogen) atoms. The molecule has 1 heterocycles. The van der Waals surface area contributed by atoms with Crippen molar-refractivity contribution in [2.45, 2.75) is 13.0 Å². The zero-order chi connectivity index (χ0) is 21.7. The summed E-state index contributed by atoms with van der Waals surface area (Å²) in [6.07, 6.45) is -1.16. The zero-order valence-electron chi connectivity index (χ0n) is 16.2. The predicted octanol–water partition coefficient (Wildman–Crippen LogP) is 4.72. The van der Waals surface area contributed by atoms with Gasteiger partial charge in [0, 0.05) is 18.2 Å². The van der Waals surface area contributed by atoms with Gasteiger partial charge in [0.2, 0.25) is 11.9 Å². The number of nitrogens with zero attached hydrogens (tertiary/aromatic N) is 2. The third-order valence-corrected chi connectivity index (χ3v) is 4.45. The Hall–Kier alpha value is -3.65. The van der Waals surface area contributed by atoms with E-state index < -0.39 is 22.8 Å². The first-order valence-corrected chi connectivity index (χ1v) is 9.25. The Morgan fingerprint density at radius 1 is 1.13 bits per heavy atom. The van der Waals surface area contributed by atoms with Crippen LogP contribution < -0.4 is 14.8 Å². The van der Waals surface area contributed by atoms with Gasteiger partial charge < -0.3 is 24.9 Å². The molecule has 9 heteroatoms. The van der Waals surface area contributed by atoms with E-state index in [9.17, 15) is 14.9 Å². The lowest BCUT2D eigenvalue weighted by Crippen LogP contribution is -2.26. The van der Waals surface area contributed by atoms with Gasteiger partial charge in [-0.3, -0.25) is 4.79 Å². The molecule has 0 saturated carbocycles. The number of nitrogens with one attached hydrogen (secondary N) is 1. The van der Waals surface area contributed by atoms with E-state index in [1.807, 2.05) is 0 Å². The van der Waals surface area contributed by atoms with Gasteiger partial charge in [-0.25, -0.2) is 0 Å². The van der Waals surface area contributed by atoms with E-state index in [0.717, 1.165) is 0 Å². The first kappa shape index (κ1) is 21.1. The second-order valence-electron chi connectivity index (χ2n) is 6.28. The molecule has 8 nitrogen and oxygen atoms in total. The molecule has 154 valence electrons. The monoisotopic (exact) mass is 427 g/mol. The summed E-state index contributed by atoms with van der Waals surface area (Å²) in [6.45, 7) is 1.63. The number of carbonyl (C=O) groups is 1. The number of hydrogen-bond acceptors (Lipinski definition) is 6. The standard InChI is InChI=1S/C21H18ClN3O5/c1-13-8-10-18(20(23-13)25(27)28)30-19(14-6-4-3-5-7-14)21(26)24-15-9-11-17(29-2)16(22)12-15/h3-12,19H,1-2H3,(H,24,26). The number of pyridine rings is 1. The second kappa shape index (κ2) is 9.23. The average molecular weight is 428 g/mol. The number of amides is 1. The first-order chi connectivity index (χ1) is 14.4. The molecule has 3 rings (SSSR count). The number of anilines is 1. The van der Waals surface area contributed by atoms with Gasteiger partial charge in [-0.2, -0.15) is 0 Å². The summed E-state index contributed by atoms with van der Waals surface area (Å²) >= 11 is 6.12. The largest absolute Gasteiger partial charge is 0.495 e. The summed E-state index contributed by atoms with van der Waals surface area (Å²) in [5, 5.41) is 14.4. The van der Waals surface area contributed by atoms with E-state index >= 15 is 0 Å². The minimum Gasteiger partial charge on any atom is -0.495 e. The fourth-order valence-electron chi connectivity index (χ4n) is 2.73. The number of nitro groups is 1. The van der Waals surface area contributed by atoms with Gasteiger partial charge >= 0.3 is 5.82 Å². The Morgan fingerprint density at radius 3 is 2.47 bits per heavy atom. The molecule has 1 N–H and O–H groups in total. The van der Waals surface area contributed by atoms with Crippen molar-refractivity contribution >= 4 is 29.0 Å². The SMILES string of the molecule is COc1ccc(NC(=O)C(Oc2ccc(C)nc2[N+](=O)[O-])c2ccccc2)cc1Cl. The van der Waals surface area contributed by atoms with Gasteiger partial charge in [-0.05, 0) is 40.2 Å². The molecule has 0 spiro atoms. The molecule has 1 amide bonds. The Kier molecular flexibility index (Phi) is 6.48. The summed E-state index contributed by atoms with van der Waals surface area (Å²) in [6, 6.07) is 16.4. The van der Waals surface area contributed by atoms with Gasteiger partial charge in [0.05, 0.1) is 12.1 Å². The molecule has 0 fully saturated rings. The molecule has 2 aromatic carbocycles. The number of carbonyl (C=O) groups excluding carboxylic acids is 1. The highest BCUT2D eigenvalue weighted by atomic mass is 35.5. The van der Waals surface area contributed by atoms with Gasteiger partial charge in [0.15, 0.2) is 0 Å². The molecule has 0 saturated heterocycles. The fraction of sp³-hybridized carbons (Fsp3) is 0.143. The van der Waals surface area contributed by atoms with Crippen molar-refractivity contribution in [1.82, 2.24) is 4.98 Å². The maximum absolute atomic E-state index is 13.0. The van der Waals surface area contributed by atoms with Crippen molar-refractivity contribution in [3.63, 3.8) is 0 Å². The average Bonchev–Trinajstić information content (AvgIpc) is 2.73. The summed E-state index contributed by atoms with van der Waals surface area (Å²) in [5.74, 6) is -0.636. The van der Waals surface area contributed by atoms with Gasteiger partial charge in [-0.15, -0.1) is 0 Å². The summed E-state index contributed by atoms with van der Waals surface area (Å²) in [5.41, 5.74) is 1.40. The number of aryl methyl sites for hydroxylation is 1. The van der Waals surface area contributed by atoms with Crippen LogP contribution >= 0.6 is 11.6 Å². The maximum atomic E-state index is 13.0. The molecule has 0 aliphatic heterocycles. The Morgan fingerprint density at radius 2 is 1.83 bits per heavy atom. The number of hydrogen-bond donors (Lipinski definition) is 1. The van der Waals surface area contributed by atoms with Crippen molar-refractivity contribution in [3.05, 3.63) is 87.1 Å². The Balaban J connectivity index is 1.93. The van der Waals surface area contributed by atoms with Crippen LogP contribution in [0, 0.1) is 17.0 Å². The molecular weight excluding hydrogens is 410 g/mol. The first-order valence-electron chi connectivity index (χ1n) is 8.87. The van der Waals surface area contributed by atoms with Crippen LogP contribution in [0.4, 0.5) is 11.5 Å². The molecule has 3 aromatic rings. The van der Waals surface area contributed by atoms with Gasteiger partial charge in [0.25, 0.3) is 5.91 Å². The number of ether oxygens (including phenoxy) is 2. The number of rotatable bonds is 7. The number of aromatic nitrogens is 1. The van der Waals surface area contributed by atoms with Crippen LogP contribution in [0.25, 0.3) is 0 Å². The molecule has 0 aliphatic carbocycles. The number of halogens is 1. The smallest absolute Gasteiger partial charge is 0.406 e.